The number of halogens is 1. The van der Waals surface area contributed by atoms with Gasteiger partial charge < -0.3 is 10.3 Å². The standard InChI is InChI=1S/C22H24B6FN7O/c23-20(21(24,25)22(26,27)28,35-17-15-16(31-9-30-15)32-10-33-17)19-34-13-8-4-7-12(29)14(13)18(37)36(19)11-5-2-1-3-6-11/h1-10H,23-28H2,(H2,30,31,32,33,35)/t20-/m1/s1. The highest BCUT2D eigenvalue weighted by atomic mass is 19.1. The van der Waals surface area contributed by atoms with Gasteiger partial charge in [0.25, 0.3) is 5.56 Å². The molecule has 0 fully saturated rings. The Bertz CT molecular complexity index is 1690. The second-order valence-electron chi connectivity index (χ2n) is 11.0. The number of benzene rings is 2. The maximum Gasteiger partial charge on any atom is 0.269 e. The molecular formula is C22H24B6FN7O. The van der Waals surface area contributed by atoms with Crippen molar-refractivity contribution in [3.8, 4) is 5.69 Å². The lowest BCUT2D eigenvalue weighted by molar-refractivity contribution is 0.522. The first-order valence-electron chi connectivity index (χ1n) is 12.1. The number of fused-ring (bicyclic) bond motifs is 2. The Labute approximate surface area is 218 Å². The molecule has 0 aliphatic heterocycles. The van der Waals surface area contributed by atoms with Gasteiger partial charge in [-0.3, -0.25) is 9.36 Å². The fourth-order valence-electron chi connectivity index (χ4n) is 4.68. The minimum Gasteiger partial charge on any atom is -0.364 e. The third kappa shape index (κ3) is 3.88. The first-order valence-corrected chi connectivity index (χ1v) is 12.1. The summed E-state index contributed by atoms with van der Waals surface area (Å²) in [6.07, 6.45) is 3.02. The lowest BCUT2D eigenvalue weighted by atomic mass is 9.18. The van der Waals surface area contributed by atoms with Gasteiger partial charge in [0.1, 0.15) is 36.7 Å². The first-order chi connectivity index (χ1) is 17.5. The molecule has 0 saturated carbocycles. The maximum atomic E-state index is 15.0. The maximum absolute atomic E-state index is 15.0. The highest BCUT2D eigenvalue weighted by Crippen LogP contribution is 2.52. The summed E-state index contributed by atoms with van der Waals surface area (Å²) in [5, 5.41) is 2.75. The summed E-state index contributed by atoms with van der Waals surface area (Å²) in [6.45, 7) is 0. The van der Waals surface area contributed by atoms with E-state index in [1.165, 1.54) is 17.0 Å². The predicted molar refractivity (Wildman–Crippen MR) is 161 cm³/mol. The summed E-state index contributed by atoms with van der Waals surface area (Å²) in [5.41, 5.74) is 0.556. The van der Waals surface area contributed by atoms with E-state index in [2.05, 4.69) is 64.5 Å². The summed E-state index contributed by atoms with van der Waals surface area (Å²) >= 11 is 0. The van der Waals surface area contributed by atoms with Gasteiger partial charge in [-0.1, -0.05) is 29.5 Å². The number of H-pyrrole nitrogens is 1. The molecule has 0 aliphatic rings. The third-order valence-electron chi connectivity index (χ3n) is 8.02. The van der Waals surface area contributed by atoms with Crippen LogP contribution in [0.25, 0.3) is 27.8 Å². The average molecular weight is 486 g/mol. The van der Waals surface area contributed by atoms with E-state index < -0.39 is 22.0 Å². The van der Waals surface area contributed by atoms with Crippen LogP contribution in [0.3, 0.4) is 0 Å². The third-order valence-corrected chi connectivity index (χ3v) is 8.02. The van der Waals surface area contributed by atoms with E-state index in [0.717, 1.165) is 0 Å². The first kappa shape index (κ1) is 24.9. The highest BCUT2D eigenvalue weighted by Gasteiger charge is 2.51. The molecule has 178 valence electrons. The van der Waals surface area contributed by atoms with E-state index in [-0.39, 0.29) is 16.0 Å². The van der Waals surface area contributed by atoms with Crippen LogP contribution in [0.15, 0.2) is 66.0 Å². The number of nitrogens with one attached hydrogen (secondary N) is 2. The van der Waals surface area contributed by atoms with E-state index in [9.17, 15) is 9.18 Å². The molecule has 0 unspecified atom stereocenters. The fourth-order valence-corrected chi connectivity index (χ4v) is 4.68. The Balaban J connectivity index is 1.91. The molecule has 8 nitrogen and oxygen atoms in total. The zero-order valence-corrected chi connectivity index (χ0v) is 21.8. The van der Waals surface area contributed by atoms with Crippen LogP contribution in [0.5, 0.6) is 0 Å². The molecule has 15 heteroatoms. The Morgan fingerprint density at radius 3 is 2.35 bits per heavy atom. The van der Waals surface area contributed by atoms with E-state index in [0.29, 0.717) is 28.5 Å². The smallest absolute Gasteiger partial charge is 0.269 e. The van der Waals surface area contributed by atoms with Crippen molar-refractivity contribution < 1.29 is 4.39 Å². The molecular weight excluding hydrogens is 462 g/mol. The summed E-state index contributed by atoms with van der Waals surface area (Å²) in [5.74, 6) is 0.327. The van der Waals surface area contributed by atoms with Crippen molar-refractivity contribution >= 4 is 75.0 Å². The van der Waals surface area contributed by atoms with Gasteiger partial charge in [0.2, 0.25) is 0 Å². The van der Waals surface area contributed by atoms with Gasteiger partial charge in [0.05, 0.1) is 62.2 Å². The monoisotopic (exact) mass is 487 g/mol. The van der Waals surface area contributed by atoms with Crippen LogP contribution in [0.1, 0.15) is 5.82 Å². The number of hydrogen-bond acceptors (Lipinski definition) is 6. The van der Waals surface area contributed by atoms with Crippen LogP contribution in [-0.2, 0) is 5.44 Å². The largest absolute Gasteiger partial charge is 0.364 e. The zero-order chi connectivity index (χ0) is 26.6. The van der Waals surface area contributed by atoms with E-state index in [4.69, 9.17) is 4.98 Å². The molecule has 3 heterocycles. The number of hydrogen-bond donors (Lipinski definition) is 2. The molecule has 2 aromatic carbocycles. The zero-order valence-electron chi connectivity index (χ0n) is 21.8. The predicted octanol–water partition coefficient (Wildman–Crippen LogP) is -2.56. The summed E-state index contributed by atoms with van der Waals surface area (Å²) in [4.78, 5) is 35.2. The highest BCUT2D eigenvalue weighted by molar-refractivity contribution is 6.68. The van der Waals surface area contributed by atoms with Gasteiger partial charge in [0, 0.05) is 0 Å². The lowest BCUT2D eigenvalue weighted by Gasteiger charge is -2.54. The van der Waals surface area contributed by atoms with E-state index in [1.807, 2.05) is 38.2 Å². The van der Waals surface area contributed by atoms with Gasteiger partial charge in [-0.05, 0) is 24.3 Å². The second-order valence-corrected chi connectivity index (χ2v) is 11.0. The van der Waals surface area contributed by atoms with Gasteiger partial charge in [-0.15, -0.1) is 5.11 Å². The lowest BCUT2D eigenvalue weighted by Crippen LogP contribution is -2.57. The van der Waals surface area contributed by atoms with Crippen molar-refractivity contribution in [1.29, 1.82) is 0 Å². The Kier molecular flexibility index (Phi) is 5.84. The van der Waals surface area contributed by atoms with Gasteiger partial charge >= 0.3 is 0 Å². The van der Waals surface area contributed by atoms with E-state index in [1.54, 1.807) is 18.5 Å². The van der Waals surface area contributed by atoms with Crippen LogP contribution >= 0.6 is 0 Å². The van der Waals surface area contributed by atoms with Crippen LogP contribution in [-0.4, -0.2) is 76.6 Å². The van der Waals surface area contributed by atoms with Crippen LogP contribution < -0.4 is 10.9 Å². The number of aromatic amines is 1. The van der Waals surface area contributed by atoms with Crippen molar-refractivity contribution in [1.82, 2.24) is 29.5 Å². The average Bonchev–Trinajstić information content (AvgIpc) is 3.33. The van der Waals surface area contributed by atoms with Gasteiger partial charge in [-0.2, -0.15) is 0 Å². The molecule has 37 heavy (non-hydrogen) atoms. The topological polar surface area (TPSA) is 101 Å². The normalized spacial score (nSPS) is 14.0. The number of para-hydroxylation sites is 1. The van der Waals surface area contributed by atoms with Crippen LogP contribution in [0, 0.1) is 5.82 Å². The molecule has 0 amide bonds. The van der Waals surface area contributed by atoms with Crippen LogP contribution in [0.2, 0.25) is 10.3 Å². The fraction of sp³-hybridized carbons (Fsp3) is 0.136. The number of imidazole rings is 1. The molecule has 3 aromatic heterocycles. The molecule has 0 saturated heterocycles. The summed E-state index contributed by atoms with van der Waals surface area (Å²) in [6, 6.07) is 13.7. The SMILES string of the molecule is BC(B)(B)C(B)(B)[C@](B)(Nc1ncnc2[nH]cnc12)c1nc2cccc(F)c2c(=O)n1-c1ccccc1. The van der Waals surface area contributed by atoms with Crippen molar-refractivity contribution in [3.63, 3.8) is 0 Å². The van der Waals surface area contributed by atoms with E-state index >= 15 is 0 Å². The second kappa shape index (κ2) is 8.68. The Hall–Kier alpha value is -3.75. The summed E-state index contributed by atoms with van der Waals surface area (Å²) in [7, 11) is 12.7. The number of aromatic nitrogens is 6. The number of nitrogens with zero attached hydrogens (tertiary/aromatic N) is 5. The molecule has 5 aromatic rings. The molecule has 2 N–H and O–H groups in total. The van der Waals surface area contributed by atoms with Crippen molar-refractivity contribution in [2.75, 3.05) is 5.32 Å². The van der Waals surface area contributed by atoms with Gasteiger partial charge in [0.15, 0.2) is 11.5 Å². The minimum atomic E-state index is -0.999. The molecule has 1 atom stereocenters. The number of rotatable bonds is 6. The Morgan fingerprint density at radius 1 is 0.919 bits per heavy atom. The molecule has 0 radical (unpaired) electrons. The molecule has 0 spiro atoms. The molecule has 0 aliphatic carbocycles. The van der Waals surface area contributed by atoms with Crippen molar-refractivity contribution in [2.24, 2.45) is 0 Å². The van der Waals surface area contributed by atoms with Crippen molar-refractivity contribution in [2.45, 2.75) is 15.8 Å². The van der Waals surface area contributed by atoms with Crippen molar-refractivity contribution in [3.05, 3.63) is 83.2 Å². The van der Waals surface area contributed by atoms with Gasteiger partial charge in [-0.25, -0.2) is 24.3 Å². The van der Waals surface area contributed by atoms with Crippen LogP contribution in [0.4, 0.5) is 10.2 Å². The minimum absolute atomic E-state index is 0.0530. The Morgan fingerprint density at radius 2 is 1.65 bits per heavy atom. The molecule has 5 rings (SSSR count). The summed E-state index contributed by atoms with van der Waals surface area (Å²) < 4.78 is 16.5. The molecule has 0 bridgehead atoms. The quantitative estimate of drug-likeness (QED) is 0.257. The number of anilines is 1.